The van der Waals surface area contributed by atoms with E-state index in [1.807, 2.05) is 26.8 Å². The van der Waals surface area contributed by atoms with Crippen LogP contribution in [0, 0.1) is 0 Å². The molecule has 1 heterocycles. The monoisotopic (exact) mass is 241 g/mol. The lowest BCUT2D eigenvalue weighted by molar-refractivity contribution is 0.0148. The molecule has 4 heteroatoms. The minimum atomic E-state index is -0.440. The number of hydrogen-bond acceptors (Lipinski definition) is 3. The molecule has 1 saturated heterocycles. The Morgan fingerprint density at radius 3 is 2.65 bits per heavy atom. The summed E-state index contributed by atoms with van der Waals surface area (Å²) in [6, 6.07) is 0.0959. The van der Waals surface area contributed by atoms with Crippen molar-refractivity contribution in [1.29, 1.82) is 0 Å². The number of rotatable bonds is 2. The number of hydrogen-bond donors (Lipinski definition) is 0. The van der Waals surface area contributed by atoms with E-state index in [-0.39, 0.29) is 12.1 Å². The molecular weight excluding hydrogens is 218 g/mol. The van der Waals surface area contributed by atoms with Crippen molar-refractivity contribution in [3.63, 3.8) is 0 Å². The fraction of sp³-hybridized carbons (Fsp3) is 0.769. The lowest BCUT2D eigenvalue weighted by atomic mass is 10.0. The zero-order chi connectivity index (χ0) is 12.9. The third-order valence-electron chi connectivity index (χ3n) is 2.61. The molecule has 1 fully saturated rings. The third-order valence-corrected chi connectivity index (χ3v) is 2.61. The summed E-state index contributed by atoms with van der Waals surface area (Å²) in [7, 11) is 1.61. The second kappa shape index (κ2) is 5.94. The molecule has 17 heavy (non-hydrogen) atoms. The van der Waals surface area contributed by atoms with Gasteiger partial charge in [-0.3, -0.25) is 0 Å². The van der Waals surface area contributed by atoms with E-state index in [1.165, 1.54) is 0 Å². The van der Waals surface area contributed by atoms with Crippen molar-refractivity contribution in [1.82, 2.24) is 4.90 Å². The molecule has 0 aromatic heterocycles. The molecule has 1 amide bonds. The number of likely N-dealkylation sites (tertiary alicyclic amines) is 1. The van der Waals surface area contributed by atoms with Crippen molar-refractivity contribution in [2.75, 3.05) is 13.7 Å². The normalized spacial score (nSPS) is 21.6. The molecule has 1 aliphatic heterocycles. The first-order valence-electron chi connectivity index (χ1n) is 6.13. The molecule has 4 nitrogen and oxygen atoms in total. The van der Waals surface area contributed by atoms with Gasteiger partial charge in [0, 0.05) is 6.54 Å². The zero-order valence-corrected chi connectivity index (χ0v) is 11.2. The molecule has 1 atom stereocenters. The van der Waals surface area contributed by atoms with Crippen molar-refractivity contribution in [2.45, 2.75) is 51.7 Å². The second-order valence-electron chi connectivity index (χ2n) is 5.30. The van der Waals surface area contributed by atoms with E-state index in [0.29, 0.717) is 0 Å². The van der Waals surface area contributed by atoms with Gasteiger partial charge in [0.1, 0.15) is 5.60 Å². The van der Waals surface area contributed by atoms with Crippen molar-refractivity contribution in [3.8, 4) is 0 Å². The average Bonchev–Trinajstić information content (AvgIpc) is 2.24. The van der Waals surface area contributed by atoms with Crippen LogP contribution in [0.3, 0.4) is 0 Å². The van der Waals surface area contributed by atoms with Gasteiger partial charge in [0.2, 0.25) is 0 Å². The van der Waals surface area contributed by atoms with Gasteiger partial charge in [-0.05, 0) is 46.1 Å². The van der Waals surface area contributed by atoms with Crippen LogP contribution in [0.25, 0.3) is 0 Å². The van der Waals surface area contributed by atoms with E-state index >= 15 is 0 Å². The van der Waals surface area contributed by atoms with Gasteiger partial charge in [-0.1, -0.05) is 0 Å². The van der Waals surface area contributed by atoms with Gasteiger partial charge in [-0.2, -0.15) is 0 Å². The maximum Gasteiger partial charge on any atom is 0.410 e. The Labute approximate surface area is 104 Å². The Morgan fingerprint density at radius 2 is 2.06 bits per heavy atom. The fourth-order valence-corrected chi connectivity index (χ4v) is 1.87. The zero-order valence-electron chi connectivity index (χ0n) is 11.2. The number of methoxy groups -OCH3 is 1. The van der Waals surface area contributed by atoms with Crippen LogP contribution in [0.15, 0.2) is 12.3 Å². The Kier molecular flexibility index (Phi) is 4.85. The van der Waals surface area contributed by atoms with Crippen LogP contribution in [-0.2, 0) is 9.47 Å². The standard InChI is InChI=1S/C13H23NO3/c1-13(2,3)17-12(15)14-9-6-5-7-11(14)8-10-16-4/h8,10-11H,5-7,9H2,1-4H3/b10-8+/t11-/m0/s1. The highest BCUT2D eigenvalue weighted by Gasteiger charge is 2.28. The van der Waals surface area contributed by atoms with Crippen LogP contribution in [0.2, 0.25) is 0 Å². The summed E-state index contributed by atoms with van der Waals surface area (Å²) < 4.78 is 10.3. The molecule has 1 aliphatic rings. The van der Waals surface area contributed by atoms with Crippen molar-refractivity contribution in [3.05, 3.63) is 12.3 Å². The van der Waals surface area contributed by atoms with Crippen molar-refractivity contribution in [2.24, 2.45) is 0 Å². The molecule has 0 unspecified atom stereocenters. The number of carbonyl (C=O) groups is 1. The van der Waals surface area contributed by atoms with E-state index in [0.717, 1.165) is 25.8 Å². The number of ether oxygens (including phenoxy) is 2. The van der Waals surface area contributed by atoms with Crippen LogP contribution < -0.4 is 0 Å². The van der Waals surface area contributed by atoms with Crippen molar-refractivity contribution < 1.29 is 14.3 Å². The number of piperidine rings is 1. The molecule has 0 spiro atoms. The highest BCUT2D eigenvalue weighted by molar-refractivity contribution is 5.69. The molecule has 0 saturated carbocycles. The predicted octanol–water partition coefficient (Wildman–Crippen LogP) is 2.94. The highest BCUT2D eigenvalue weighted by atomic mass is 16.6. The van der Waals surface area contributed by atoms with Crippen LogP contribution >= 0.6 is 0 Å². The fourth-order valence-electron chi connectivity index (χ4n) is 1.87. The second-order valence-corrected chi connectivity index (χ2v) is 5.30. The van der Waals surface area contributed by atoms with Gasteiger partial charge in [0.05, 0.1) is 19.4 Å². The summed E-state index contributed by atoms with van der Waals surface area (Å²) in [6.07, 6.45) is 6.47. The maximum absolute atomic E-state index is 12.0. The number of amides is 1. The lowest BCUT2D eigenvalue weighted by Crippen LogP contribution is -2.45. The van der Waals surface area contributed by atoms with E-state index in [4.69, 9.17) is 9.47 Å². The van der Waals surface area contributed by atoms with E-state index in [9.17, 15) is 4.79 Å². The summed E-state index contributed by atoms with van der Waals surface area (Å²) in [6.45, 7) is 6.41. The minimum absolute atomic E-state index is 0.0959. The molecule has 0 aliphatic carbocycles. The van der Waals surface area contributed by atoms with Gasteiger partial charge in [-0.15, -0.1) is 0 Å². The van der Waals surface area contributed by atoms with E-state index < -0.39 is 5.60 Å². The van der Waals surface area contributed by atoms with Gasteiger partial charge in [0.25, 0.3) is 0 Å². The number of nitrogens with zero attached hydrogens (tertiary/aromatic N) is 1. The SMILES string of the molecule is CO/C=C/[C@@H]1CCCCN1C(=O)OC(C)(C)C. The van der Waals surface area contributed by atoms with Gasteiger partial charge >= 0.3 is 6.09 Å². The smallest absolute Gasteiger partial charge is 0.410 e. The van der Waals surface area contributed by atoms with Crippen LogP contribution in [0.1, 0.15) is 40.0 Å². The quantitative estimate of drug-likeness (QED) is 0.698. The maximum atomic E-state index is 12.0. The summed E-state index contributed by atoms with van der Waals surface area (Å²) in [5.41, 5.74) is -0.440. The molecule has 0 aromatic rings. The van der Waals surface area contributed by atoms with Gasteiger partial charge in [0.15, 0.2) is 0 Å². The molecule has 0 aromatic carbocycles. The van der Waals surface area contributed by atoms with Gasteiger partial charge in [-0.25, -0.2) is 4.79 Å². The van der Waals surface area contributed by atoms with Crippen LogP contribution in [-0.4, -0.2) is 36.3 Å². The summed E-state index contributed by atoms with van der Waals surface area (Å²) >= 11 is 0. The largest absolute Gasteiger partial charge is 0.505 e. The van der Waals surface area contributed by atoms with E-state index in [1.54, 1.807) is 18.3 Å². The molecule has 1 rings (SSSR count). The van der Waals surface area contributed by atoms with Crippen LogP contribution in [0.4, 0.5) is 4.79 Å². The first kappa shape index (κ1) is 13.9. The van der Waals surface area contributed by atoms with Crippen LogP contribution in [0.5, 0.6) is 0 Å². The Hall–Kier alpha value is -1.19. The Balaban J connectivity index is 2.64. The molecule has 98 valence electrons. The Morgan fingerprint density at radius 1 is 1.35 bits per heavy atom. The highest BCUT2D eigenvalue weighted by Crippen LogP contribution is 2.21. The minimum Gasteiger partial charge on any atom is -0.505 e. The summed E-state index contributed by atoms with van der Waals surface area (Å²) in [4.78, 5) is 13.8. The average molecular weight is 241 g/mol. The topological polar surface area (TPSA) is 38.8 Å². The molecular formula is C13H23NO3. The Bertz CT molecular complexity index is 281. The van der Waals surface area contributed by atoms with Gasteiger partial charge < -0.3 is 14.4 Å². The number of carbonyl (C=O) groups excluding carboxylic acids is 1. The summed E-state index contributed by atoms with van der Waals surface area (Å²) in [5.74, 6) is 0. The summed E-state index contributed by atoms with van der Waals surface area (Å²) in [5, 5.41) is 0. The first-order chi connectivity index (χ1) is 7.94. The third kappa shape index (κ3) is 4.67. The lowest BCUT2D eigenvalue weighted by Gasteiger charge is -2.35. The molecule has 0 N–H and O–H groups in total. The molecule has 0 radical (unpaired) electrons. The van der Waals surface area contributed by atoms with E-state index in [2.05, 4.69) is 0 Å². The predicted molar refractivity (Wildman–Crippen MR) is 66.7 cm³/mol. The first-order valence-corrected chi connectivity index (χ1v) is 6.13. The van der Waals surface area contributed by atoms with Crippen molar-refractivity contribution >= 4 is 6.09 Å². The molecule has 0 bridgehead atoms.